The summed E-state index contributed by atoms with van der Waals surface area (Å²) in [6, 6.07) is 9.63. The molecule has 0 bridgehead atoms. The molecule has 0 aliphatic heterocycles. The molecule has 3 rings (SSSR count). The first-order valence-electron chi connectivity index (χ1n) is 6.77. The van der Waals surface area contributed by atoms with Crippen LogP contribution >= 0.6 is 0 Å². The van der Waals surface area contributed by atoms with Crippen LogP contribution in [0.3, 0.4) is 0 Å². The van der Waals surface area contributed by atoms with Crippen molar-refractivity contribution in [3.8, 4) is 11.6 Å². The largest absolute Gasteiger partial charge is 0.481 e. The lowest BCUT2D eigenvalue weighted by Gasteiger charge is -2.05. The molecule has 0 aliphatic rings. The van der Waals surface area contributed by atoms with Crippen LogP contribution in [0.1, 0.15) is 12.1 Å². The number of rotatable bonds is 5. The van der Waals surface area contributed by atoms with Crippen LogP contribution in [-0.2, 0) is 4.79 Å². The van der Waals surface area contributed by atoms with Gasteiger partial charge in [-0.15, -0.1) is 0 Å². The molecular formula is C15H14N4O3. The first-order valence-corrected chi connectivity index (χ1v) is 6.77. The third-order valence-corrected chi connectivity index (χ3v) is 3.16. The zero-order chi connectivity index (χ0) is 15.5. The number of carboxylic acids is 1. The molecule has 0 unspecified atom stereocenters. The van der Waals surface area contributed by atoms with Crippen molar-refractivity contribution in [2.75, 3.05) is 6.61 Å². The Bertz CT molecular complexity index is 814. The molecule has 0 atom stereocenters. The molecule has 2 heterocycles. The normalized spacial score (nSPS) is 10.8. The van der Waals surface area contributed by atoms with Gasteiger partial charge in [-0.05, 0) is 19.1 Å². The molecule has 0 saturated carbocycles. The van der Waals surface area contributed by atoms with E-state index >= 15 is 0 Å². The average molecular weight is 298 g/mol. The molecular weight excluding hydrogens is 284 g/mol. The quantitative estimate of drug-likeness (QED) is 0.774. The maximum absolute atomic E-state index is 10.6. The van der Waals surface area contributed by atoms with Gasteiger partial charge >= 0.3 is 5.97 Å². The molecule has 0 radical (unpaired) electrons. The van der Waals surface area contributed by atoms with Crippen molar-refractivity contribution in [3.05, 3.63) is 42.4 Å². The second-order valence-corrected chi connectivity index (χ2v) is 4.70. The summed E-state index contributed by atoms with van der Waals surface area (Å²) in [4.78, 5) is 18.9. The van der Waals surface area contributed by atoms with Gasteiger partial charge in [0.15, 0.2) is 5.65 Å². The van der Waals surface area contributed by atoms with E-state index in [4.69, 9.17) is 9.84 Å². The first kappa shape index (κ1) is 14.0. The number of aryl methyl sites for hydroxylation is 1. The van der Waals surface area contributed by atoms with Crippen LogP contribution in [0.4, 0.5) is 0 Å². The fourth-order valence-corrected chi connectivity index (χ4v) is 2.18. The molecule has 7 nitrogen and oxygen atoms in total. The predicted molar refractivity (Wildman–Crippen MR) is 79.1 cm³/mol. The predicted octanol–water partition coefficient (Wildman–Crippen LogP) is 1.98. The van der Waals surface area contributed by atoms with Gasteiger partial charge in [0.1, 0.15) is 18.3 Å². The third kappa shape index (κ3) is 2.60. The minimum Gasteiger partial charge on any atom is -0.481 e. The molecule has 2 aromatic heterocycles. The highest BCUT2D eigenvalue weighted by molar-refractivity contribution is 5.84. The van der Waals surface area contributed by atoms with Crippen LogP contribution < -0.4 is 4.74 Å². The molecule has 0 aliphatic carbocycles. The summed E-state index contributed by atoms with van der Waals surface area (Å²) in [7, 11) is 0. The minimum absolute atomic E-state index is 0.0530. The molecule has 3 aromatic rings. The Kier molecular flexibility index (Phi) is 3.69. The Morgan fingerprint density at radius 1 is 1.27 bits per heavy atom. The van der Waals surface area contributed by atoms with E-state index in [0.29, 0.717) is 16.9 Å². The van der Waals surface area contributed by atoms with Crippen molar-refractivity contribution in [2.45, 2.75) is 13.3 Å². The van der Waals surface area contributed by atoms with Crippen LogP contribution in [0.2, 0.25) is 0 Å². The second-order valence-electron chi connectivity index (χ2n) is 4.70. The smallest absolute Gasteiger partial charge is 0.306 e. The Labute approximate surface area is 126 Å². The molecule has 112 valence electrons. The Morgan fingerprint density at radius 2 is 2.05 bits per heavy atom. The number of ether oxygens (including phenoxy) is 1. The van der Waals surface area contributed by atoms with Crippen molar-refractivity contribution in [1.82, 2.24) is 19.7 Å². The van der Waals surface area contributed by atoms with Crippen molar-refractivity contribution in [1.29, 1.82) is 0 Å². The summed E-state index contributed by atoms with van der Waals surface area (Å²) in [6.45, 7) is 1.90. The molecule has 0 amide bonds. The van der Waals surface area contributed by atoms with E-state index in [1.54, 1.807) is 4.68 Å². The lowest BCUT2D eigenvalue weighted by atomic mass is 10.3. The molecule has 0 fully saturated rings. The zero-order valence-corrected chi connectivity index (χ0v) is 11.9. The van der Waals surface area contributed by atoms with Crippen molar-refractivity contribution < 1.29 is 14.6 Å². The summed E-state index contributed by atoms with van der Waals surface area (Å²) >= 11 is 0. The van der Waals surface area contributed by atoms with Crippen LogP contribution in [0.5, 0.6) is 5.88 Å². The Hall–Kier alpha value is -2.96. The van der Waals surface area contributed by atoms with E-state index in [9.17, 15) is 4.79 Å². The second kappa shape index (κ2) is 5.80. The highest BCUT2D eigenvalue weighted by Crippen LogP contribution is 2.26. The molecule has 1 N–H and O–H groups in total. The number of carboxylic acid groups (broad SMARTS) is 1. The van der Waals surface area contributed by atoms with E-state index in [0.717, 1.165) is 11.4 Å². The zero-order valence-electron chi connectivity index (χ0n) is 11.9. The highest BCUT2D eigenvalue weighted by Gasteiger charge is 2.16. The van der Waals surface area contributed by atoms with E-state index in [1.807, 2.05) is 37.3 Å². The van der Waals surface area contributed by atoms with Gasteiger partial charge in [-0.3, -0.25) is 4.79 Å². The summed E-state index contributed by atoms with van der Waals surface area (Å²) in [5.41, 5.74) is 2.24. The van der Waals surface area contributed by atoms with Crippen LogP contribution in [0, 0.1) is 6.92 Å². The summed E-state index contributed by atoms with van der Waals surface area (Å²) in [5.74, 6) is -0.562. The van der Waals surface area contributed by atoms with E-state index in [-0.39, 0.29) is 13.0 Å². The Balaban J connectivity index is 2.03. The molecule has 22 heavy (non-hydrogen) atoms. The van der Waals surface area contributed by atoms with Gasteiger partial charge in [-0.2, -0.15) is 5.10 Å². The molecule has 0 saturated heterocycles. The van der Waals surface area contributed by atoms with E-state index in [1.165, 1.54) is 6.33 Å². The molecule has 7 heteroatoms. The standard InChI is InChI=1S/C15H14N4O3/c1-10-13-14(19(18-10)11-5-3-2-4-6-11)16-9-17-15(13)22-8-7-12(20)21/h2-6,9H,7-8H2,1H3,(H,20,21). The van der Waals surface area contributed by atoms with Crippen LogP contribution in [0.25, 0.3) is 16.7 Å². The van der Waals surface area contributed by atoms with Gasteiger partial charge in [-0.25, -0.2) is 14.6 Å². The van der Waals surface area contributed by atoms with Crippen LogP contribution in [0.15, 0.2) is 36.7 Å². The lowest BCUT2D eigenvalue weighted by molar-refractivity contribution is -0.137. The Morgan fingerprint density at radius 3 is 2.77 bits per heavy atom. The van der Waals surface area contributed by atoms with Gasteiger partial charge in [0.25, 0.3) is 0 Å². The highest BCUT2D eigenvalue weighted by atomic mass is 16.5. The number of aromatic nitrogens is 4. The van der Waals surface area contributed by atoms with Crippen LogP contribution in [-0.4, -0.2) is 37.4 Å². The number of para-hydroxylation sites is 1. The number of aliphatic carboxylic acids is 1. The summed E-state index contributed by atoms with van der Waals surface area (Å²) < 4.78 is 7.19. The van der Waals surface area contributed by atoms with Crippen molar-refractivity contribution >= 4 is 17.0 Å². The van der Waals surface area contributed by atoms with Gasteiger partial charge in [0.05, 0.1) is 17.8 Å². The maximum atomic E-state index is 10.6. The SMILES string of the molecule is Cc1nn(-c2ccccc2)c2ncnc(OCCC(=O)O)c12. The van der Waals surface area contributed by atoms with Gasteiger partial charge in [0, 0.05) is 0 Å². The number of fused-ring (bicyclic) bond motifs is 1. The van der Waals surface area contributed by atoms with E-state index < -0.39 is 5.97 Å². The third-order valence-electron chi connectivity index (χ3n) is 3.16. The number of hydrogen-bond acceptors (Lipinski definition) is 5. The summed E-state index contributed by atoms with van der Waals surface area (Å²) in [6.07, 6.45) is 1.30. The van der Waals surface area contributed by atoms with Gasteiger partial charge < -0.3 is 9.84 Å². The van der Waals surface area contributed by atoms with Gasteiger partial charge in [-0.1, -0.05) is 18.2 Å². The average Bonchev–Trinajstić information content (AvgIpc) is 2.86. The fraction of sp³-hybridized carbons (Fsp3) is 0.200. The summed E-state index contributed by atoms with van der Waals surface area (Å²) in [5, 5.41) is 13.9. The van der Waals surface area contributed by atoms with Crippen molar-refractivity contribution in [3.63, 3.8) is 0 Å². The molecule has 1 aromatic carbocycles. The maximum Gasteiger partial charge on any atom is 0.306 e. The lowest BCUT2D eigenvalue weighted by Crippen LogP contribution is -2.06. The monoisotopic (exact) mass is 298 g/mol. The molecule has 0 spiro atoms. The number of carbonyl (C=O) groups is 1. The fourth-order valence-electron chi connectivity index (χ4n) is 2.18. The number of benzene rings is 1. The topological polar surface area (TPSA) is 90.1 Å². The first-order chi connectivity index (χ1) is 10.7. The van der Waals surface area contributed by atoms with Crippen molar-refractivity contribution in [2.24, 2.45) is 0 Å². The van der Waals surface area contributed by atoms with E-state index in [2.05, 4.69) is 15.1 Å². The number of nitrogens with zero attached hydrogens (tertiary/aromatic N) is 4. The minimum atomic E-state index is -0.915. The number of hydrogen-bond donors (Lipinski definition) is 1. The van der Waals surface area contributed by atoms with Gasteiger partial charge in [0.2, 0.25) is 5.88 Å².